The maximum atomic E-state index is 10.6. The molecule has 2 spiro atoms. The van der Waals surface area contributed by atoms with Crippen molar-refractivity contribution in [3.8, 4) is 0 Å². The molecule has 0 amide bonds. The van der Waals surface area contributed by atoms with Crippen LogP contribution in [0.4, 0.5) is 0 Å². The molecule has 5 rings (SSSR count). The fourth-order valence-electron chi connectivity index (χ4n) is 11.0. The summed E-state index contributed by atoms with van der Waals surface area (Å²) in [4.78, 5) is 0. The quantitative estimate of drug-likeness (QED) is 0.485. The molecule has 0 aromatic carbocycles. The highest BCUT2D eigenvalue weighted by Crippen LogP contribution is 2.88. The van der Waals surface area contributed by atoms with Gasteiger partial charge in [-0.3, -0.25) is 0 Å². The van der Waals surface area contributed by atoms with Crippen LogP contribution in [0.25, 0.3) is 0 Å². The second-order valence-electron chi connectivity index (χ2n) is 14.0. The highest BCUT2D eigenvalue weighted by molar-refractivity contribution is 5.29. The molecule has 0 aromatic rings. The Hall–Kier alpha value is -0.0400. The molecule has 0 aromatic heterocycles. The third-order valence-corrected chi connectivity index (χ3v) is 12.9. The van der Waals surface area contributed by atoms with E-state index in [0.29, 0.717) is 27.6 Å². The lowest BCUT2D eigenvalue weighted by atomic mass is 9.43. The molecule has 10 atom stereocenters. The largest absolute Gasteiger partial charge is 0.393 e. The van der Waals surface area contributed by atoms with Gasteiger partial charge in [0, 0.05) is 0 Å². The minimum atomic E-state index is -0.0261. The van der Waals surface area contributed by atoms with Crippen LogP contribution in [0.1, 0.15) is 119 Å². The van der Waals surface area contributed by atoms with Crippen molar-refractivity contribution in [2.45, 2.75) is 125 Å². The van der Waals surface area contributed by atoms with E-state index in [1.807, 2.05) is 0 Å². The molecule has 5 aliphatic carbocycles. The average Bonchev–Trinajstić information content (AvgIpc) is 3.27. The van der Waals surface area contributed by atoms with Crippen molar-refractivity contribution in [1.82, 2.24) is 0 Å². The number of rotatable bonds is 5. The summed E-state index contributed by atoms with van der Waals surface area (Å²) >= 11 is 0. The van der Waals surface area contributed by atoms with Crippen molar-refractivity contribution >= 4 is 0 Å². The summed E-state index contributed by atoms with van der Waals surface area (Å²) in [5.74, 6) is 5.03. The number of aliphatic hydroxyl groups is 1. The molecular weight excluding hydrogens is 364 g/mol. The third-order valence-electron chi connectivity index (χ3n) is 12.9. The Morgan fingerprint density at radius 2 is 1.60 bits per heavy atom. The summed E-state index contributed by atoms with van der Waals surface area (Å²) in [6.07, 6.45) is 17.1. The Kier molecular flexibility index (Phi) is 5.07. The molecule has 10 unspecified atom stereocenters. The smallest absolute Gasteiger partial charge is 0.0568 e. The monoisotopic (exact) mass is 414 g/mol. The molecule has 0 aliphatic heterocycles. The molecule has 1 heteroatoms. The predicted molar refractivity (Wildman–Crippen MR) is 126 cm³/mol. The van der Waals surface area contributed by atoms with Gasteiger partial charge in [0.1, 0.15) is 0 Å². The maximum absolute atomic E-state index is 10.6. The first kappa shape index (κ1) is 21.8. The Labute approximate surface area is 187 Å². The number of fused-ring (bicyclic) bond motifs is 2. The van der Waals surface area contributed by atoms with Gasteiger partial charge in [-0.25, -0.2) is 0 Å². The molecule has 1 nitrogen and oxygen atoms in total. The fraction of sp³-hybridized carbons (Fsp3) is 1.00. The molecular formula is C29H50O. The van der Waals surface area contributed by atoms with Crippen LogP contribution in [0.15, 0.2) is 0 Å². The topological polar surface area (TPSA) is 20.2 Å². The van der Waals surface area contributed by atoms with E-state index in [-0.39, 0.29) is 6.10 Å². The van der Waals surface area contributed by atoms with Gasteiger partial charge in [0.25, 0.3) is 0 Å². The van der Waals surface area contributed by atoms with E-state index in [9.17, 15) is 5.11 Å². The molecule has 30 heavy (non-hydrogen) atoms. The summed E-state index contributed by atoms with van der Waals surface area (Å²) in [7, 11) is 0. The zero-order valence-electron chi connectivity index (χ0n) is 21.0. The summed E-state index contributed by atoms with van der Waals surface area (Å²) in [5.41, 5.74) is 2.42. The van der Waals surface area contributed by atoms with Gasteiger partial charge in [0.15, 0.2) is 0 Å². The van der Waals surface area contributed by atoms with Gasteiger partial charge in [-0.05, 0) is 115 Å². The van der Waals surface area contributed by atoms with Crippen molar-refractivity contribution in [3.63, 3.8) is 0 Å². The first-order valence-corrected chi connectivity index (χ1v) is 13.8. The molecule has 5 fully saturated rings. The summed E-state index contributed by atoms with van der Waals surface area (Å²) < 4.78 is 0. The first-order valence-electron chi connectivity index (χ1n) is 13.8. The van der Waals surface area contributed by atoms with E-state index >= 15 is 0 Å². The van der Waals surface area contributed by atoms with Crippen LogP contribution < -0.4 is 0 Å². The van der Waals surface area contributed by atoms with Gasteiger partial charge in [0.2, 0.25) is 0 Å². The minimum absolute atomic E-state index is 0.0261. The molecule has 5 saturated carbocycles. The van der Waals surface area contributed by atoms with Gasteiger partial charge >= 0.3 is 0 Å². The van der Waals surface area contributed by atoms with Gasteiger partial charge in [-0.15, -0.1) is 0 Å². The van der Waals surface area contributed by atoms with Crippen molar-refractivity contribution in [3.05, 3.63) is 0 Å². The summed E-state index contributed by atoms with van der Waals surface area (Å²) in [6.45, 7) is 15.2. The number of aliphatic hydroxyl groups excluding tert-OH is 1. The SMILES string of the molecule is CC(C)CCCC(C)C1CCC2(C)C3CCC4C(C)C(O)CCC45CC35CCC12C. The number of hydrogen-bond donors (Lipinski definition) is 1. The Balaban J connectivity index is 1.37. The lowest BCUT2D eigenvalue weighted by Crippen LogP contribution is -2.55. The Bertz CT molecular complexity index is 669. The van der Waals surface area contributed by atoms with Crippen LogP contribution in [-0.2, 0) is 0 Å². The van der Waals surface area contributed by atoms with Crippen LogP contribution in [0.2, 0.25) is 0 Å². The molecule has 0 bridgehead atoms. The average molecular weight is 415 g/mol. The standard InChI is InChI=1S/C29H50O/c1-19(2)8-7-9-20(3)22-12-14-27(6)25-11-10-23-21(4)24(30)13-15-28(23)18-29(25,28)17-16-26(22,27)5/h19-25,30H,7-18H2,1-6H3. The third kappa shape index (κ3) is 2.63. The highest BCUT2D eigenvalue weighted by atomic mass is 16.3. The van der Waals surface area contributed by atoms with E-state index in [1.54, 1.807) is 0 Å². The zero-order valence-corrected chi connectivity index (χ0v) is 21.0. The van der Waals surface area contributed by atoms with Gasteiger partial charge in [0.05, 0.1) is 6.10 Å². The molecule has 0 radical (unpaired) electrons. The van der Waals surface area contributed by atoms with Crippen molar-refractivity contribution in [1.29, 1.82) is 0 Å². The molecule has 1 N–H and O–H groups in total. The molecule has 0 heterocycles. The van der Waals surface area contributed by atoms with E-state index in [4.69, 9.17) is 0 Å². The lowest BCUT2D eigenvalue weighted by Gasteiger charge is -2.62. The highest BCUT2D eigenvalue weighted by Gasteiger charge is 2.81. The van der Waals surface area contributed by atoms with Crippen LogP contribution in [0, 0.1) is 57.2 Å². The minimum Gasteiger partial charge on any atom is -0.393 e. The summed E-state index contributed by atoms with van der Waals surface area (Å²) in [6, 6.07) is 0. The van der Waals surface area contributed by atoms with Gasteiger partial charge in [-0.1, -0.05) is 60.8 Å². The van der Waals surface area contributed by atoms with E-state index in [0.717, 1.165) is 36.0 Å². The second-order valence-corrected chi connectivity index (χ2v) is 14.0. The van der Waals surface area contributed by atoms with Crippen LogP contribution >= 0.6 is 0 Å². The lowest BCUT2D eigenvalue weighted by molar-refractivity contribution is -0.142. The fourth-order valence-corrected chi connectivity index (χ4v) is 11.0. The van der Waals surface area contributed by atoms with E-state index < -0.39 is 0 Å². The van der Waals surface area contributed by atoms with Crippen LogP contribution in [-0.4, -0.2) is 11.2 Å². The number of hydrogen-bond acceptors (Lipinski definition) is 1. The Morgan fingerprint density at radius 3 is 2.33 bits per heavy atom. The van der Waals surface area contributed by atoms with Crippen molar-refractivity contribution < 1.29 is 5.11 Å². The predicted octanol–water partition coefficient (Wildman–Crippen LogP) is 7.86. The molecule has 0 saturated heterocycles. The second kappa shape index (κ2) is 6.98. The first-order chi connectivity index (χ1) is 14.1. The van der Waals surface area contributed by atoms with E-state index in [2.05, 4.69) is 41.5 Å². The van der Waals surface area contributed by atoms with Crippen LogP contribution in [0.3, 0.4) is 0 Å². The van der Waals surface area contributed by atoms with Crippen molar-refractivity contribution in [2.24, 2.45) is 57.2 Å². The maximum Gasteiger partial charge on any atom is 0.0568 e. The normalized spacial score (nSPS) is 55.4. The van der Waals surface area contributed by atoms with E-state index in [1.165, 1.54) is 70.6 Å². The molecule has 172 valence electrons. The van der Waals surface area contributed by atoms with Crippen LogP contribution in [0.5, 0.6) is 0 Å². The van der Waals surface area contributed by atoms with Crippen molar-refractivity contribution in [2.75, 3.05) is 0 Å². The summed E-state index contributed by atoms with van der Waals surface area (Å²) in [5, 5.41) is 10.6. The zero-order chi connectivity index (χ0) is 21.5. The molecule has 5 aliphatic rings. The van der Waals surface area contributed by atoms with Gasteiger partial charge < -0.3 is 5.11 Å². The Morgan fingerprint density at radius 1 is 0.833 bits per heavy atom. The van der Waals surface area contributed by atoms with Gasteiger partial charge in [-0.2, -0.15) is 0 Å².